The minimum atomic E-state index is 0. The van der Waals surface area contributed by atoms with Gasteiger partial charge in [0.25, 0.3) is 0 Å². The zero-order valence-corrected chi connectivity index (χ0v) is 20.2. The lowest BCUT2D eigenvalue weighted by molar-refractivity contribution is 0.179. The molecule has 160 valence electrons. The number of rotatable bonds is 9. The first-order valence-electron chi connectivity index (χ1n) is 10.1. The summed E-state index contributed by atoms with van der Waals surface area (Å²) in [6, 6.07) is 9.09. The second-order valence-corrected chi connectivity index (χ2v) is 7.37. The average Bonchev–Trinajstić information content (AvgIpc) is 2.67. The number of nitrogens with zero attached hydrogens (tertiary/aromatic N) is 3. The SMILES string of the molecule is CN=C(NCCCCN1CCN(c2cccc(C)c2)CC1)NC(C)COC.I. The molecule has 7 heteroatoms. The third-order valence-electron chi connectivity index (χ3n) is 4.96. The van der Waals surface area contributed by atoms with Crippen LogP contribution in [-0.4, -0.2) is 76.9 Å². The van der Waals surface area contributed by atoms with Crippen LogP contribution in [0.15, 0.2) is 29.3 Å². The number of unbranched alkanes of at least 4 members (excludes halogenated alkanes) is 1. The molecule has 1 aliphatic heterocycles. The van der Waals surface area contributed by atoms with E-state index in [1.807, 2.05) is 7.05 Å². The maximum atomic E-state index is 5.15. The molecule has 1 saturated heterocycles. The summed E-state index contributed by atoms with van der Waals surface area (Å²) in [5, 5.41) is 6.72. The second-order valence-electron chi connectivity index (χ2n) is 7.37. The number of aliphatic imine (C=N–C) groups is 1. The minimum Gasteiger partial charge on any atom is -0.383 e. The molecule has 0 spiro atoms. The molecule has 0 saturated carbocycles. The highest BCUT2D eigenvalue weighted by Crippen LogP contribution is 2.17. The zero-order valence-electron chi connectivity index (χ0n) is 17.9. The number of anilines is 1. The Morgan fingerprint density at radius 1 is 1.21 bits per heavy atom. The van der Waals surface area contributed by atoms with Crippen molar-refractivity contribution in [3.05, 3.63) is 29.8 Å². The Hall–Kier alpha value is -1.06. The van der Waals surface area contributed by atoms with Gasteiger partial charge in [0.1, 0.15) is 0 Å². The van der Waals surface area contributed by atoms with E-state index in [1.54, 1.807) is 7.11 Å². The topological polar surface area (TPSA) is 52.1 Å². The number of piperazine rings is 1. The molecule has 0 aliphatic carbocycles. The Labute approximate surface area is 188 Å². The molecule has 28 heavy (non-hydrogen) atoms. The van der Waals surface area contributed by atoms with Crippen LogP contribution in [-0.2, 0) is 4.74 Å². The quantitative estimate of drug-likeness (QED) is 0.235. The minimum absolute atomic E-state index is 0. The molecule has 0 bridgehead atoms. The summed E-state index contributed by atoms with van der Waals surface area (Å²) in [6.07, 6.45) is 2.36. The van der Waals surface area contributed by atoms with Gasteiger partial charge >= 0.3 is 0 Å². The number of benzene rings is 1. The molecule has 1 aromatic rings. The van der Waals surface area contributed by atoms with Crippen LogP contribution in [0.4, 0.5) is 5.69 Å². The van der Waals surface area contributed by atoms with Crippen LogP contribution < -0.4 is 15.5 Å². The van der Waals surface area contributed by atoms with Gasteiger partial charge in [-0.2, -0.15) is 0 Å². The summed E-state index contributed by atoms with van der Waals surface area (Å²) in [5.74, 6) is 0.853. The summed E-state index contributed by atoms with van der Waals surface area (Å²) in [7, 11) is 3.53. The largest absolute Gasteiger partial charge is 0.383 e. The van der Waals surface area contributed by atoms with Crippen molar-refractivity contribution in [1.82, 2.24) is 15.5 Å². The van der Waals surface area contributed by atoms with Gasteiger partial charge in [-0.15, -0.1) is 24.0 Å². The average molecular weight is 503 g/mol. The lowest BCUT2D eigenvalue weighted by Gasteiger charge is -2.36. The standard InChI is InChI=1S/C21H37N5O.HI/c1-18-8-7-9-20(16-18)26-14-12-25(13-15-26)11-6-5-10-23-21(22-3)24-19(2)17-27-4;/h7-9,16,19H,5-6,10-15,17H2,1-4H3,(H2,22,23,24);1H. The Balaban J connectivity index is 0.00000392. The van der Waals surface area contributed by atoms with E-state index in [9.17, 15) is 0 Å². The normalized spacial score (nSPS) is 16.4. The van der Waals surface area contributed by atoms with E-state index in [2.05, 4.69) is 63.5 Å². The Morgan fingerprint density at radius 2 is 1.96 bits per heavy atom. The van der Waals surface area contributed by atoms with E-state index >= 15 is 0 Å². The van der Waals surface area contributed by atoms with E-state index in [-0.39, 0.29) is 30.0 Å². The summed E-state index contributed by atoms with van der Waals surface area (Å²) >= 11 is 0. The summed E-state index contributed by atoms with van der Waals surface area (Å²) < 4.78 is 5.15. The number of guanidine groups is 1. The second kappa shape index (κ2) is 14.0. The predicted octanol–water partition coefficient (Wildman–Crippen LogP) is 2.72. The summed E-state index contributed by atoms with van der Waals surface area (Å²) in [6.45, 7) is 11.6. The fraction of sp³-hybridized carbons (Fsp3) is 0.667. The number of nitrogens with one attached hydrogen (secondary N) is 2. The smallest absolute Gasteiger partial charge is 0.191 e. The van der Waals surface area contributed by atoms with Crippen molar-refractivity contribution >= 4 is 35.6 Å². The maximum absolute atomic E-state index is 5.15. The molecule has 1 aliphatic rings. The summed E-state index contributed by atoms with van der Waals surface area (Å²) in [4.78, 5) is 9.35. The first-order valence-corrected chi connectivity index (χ1v) is 10.1. The molecule has 0 radical (unpaired) electrons. The monoisotopic (exact) mass is 503 g/mol. The van der Waals surface area contributed by atoms with Gasteiger partial charge in [-0.3, -0.25) is 9.89 Å². The molecule has 1 aromatic carbocycles. The molecule has 1 fully saturated rings. The zero-order chi connectivity index (χ0) is 19.5. The fourth-order valence-corrected chi connectivity index (χ4v) is 3.44. The summed E-state index contributed by atoms with van der Waals surface area (Å²) in [5.41, 5.74) is 2.70. The number of hydrogen-bond acceptors (Lipinski definition) is 4. The maximum Gasteiger partial charge on any atom is 0.191 e. The van der Waals surface area contributed by atoms with Crippen LogP contribution in [0.2, 0.25) is 0 Å². The van der Waals surface area contributed by atoms with Gasteiger partial charge in [0.05, 0.1) is 6.61 Å². The Kier molecular flexibility index (Phi) is 12.5. The highest BCUT2D eigenvalue weighted by molar-refractivity contribution is 14.0. The van der Waals surface area contributed by atoms with Crippen LogP contribution in [0.5, 0.6) is 0 Å². The highest BCUT2D eigenvalue weighted by atomic mass is 127. The van der Waals surface area contributed by atoms with Crippen LogP contribution in [0.3, 0.4) is 0 Å². The molecule has 2 rings (SSSR count). The van der Waals surface area contributed by atoms with Gasteiger partial charge < -0.3 is 20.3 Å². The molecular weight excluding hydrogens is 465 g/mol. The van der Waals surface area contributed by atoms with E-state index in [0.29, 0.717) is 6.61 Å². The lowest BCUT2D eigenvalue weighted by atomic mass is 10.2. The number of ether oxygens (including phenoxy) is 1. The number of hydrogen-bond donors (Lipinski definition) is 2. The van der Waals surface area contributed by atoms with Gasteiger partial charge in [0.15, 0.2) is 5.96 Å². The Morgan fingerprint density at radius 3 is 2.61 bits per heavy atom. The first kappa shape index (κ1) is 25.0. The van der Waals surface area contributed by atoms with Gasteiger partial charge in [-0.25, -0.2) is 0 Å². The van der Waals surface area contributed by atoms with E-state index in [0.717, 1.165) is 45.1 Å². The van der Waals surface area contributed by atoms with Crippen molar-refractivity contribution in [3.63, 3.8) is 0 Å². The first-order chi connectivity index (χ1) is 13.1. The van der Waals surface area contributed by atoms with Crippen LogP contribution in [0.1, 0.15) is 25.3 Å². The Bertz CT molecular complexity index is 576. The molecule has 2 N–H and O–H groups in total. The fourth-order valence-electron chi connectivity index (χ4n) is 3.44. The van der Waals surface area contributed by atoms with Gasteiger partial charge in [-0.05, 0) is 50.9 Å². The number of methoxy groups -OCH3 is 1. The molecule has 6 nitrogen and oxygen atoms in total. The van der Waals surface area contributed by atoms with Gasteiger partial charge in [0, 0.05) is 58.6 Å². The molecule has 1 unspecified atom stereocenters. The van der Waals surface area contributed by atoms with Crippen LogP contribution in [0, 0.1) is 6.92 Å². The van der Waals surface area contributed by atoms with Crippen molar-refractivity contribution in [2.24, 2.45) is 4.99 Å². The highest BCUT2D eigenvalue weighted by Gasteiger charge is 2.16. The third-order valence-corrected chi connectivity index (χ3v) is 4.96. The van der Waals surface area contributed by atoms with Crippen molar-refractivity contribution < 1.29 is 4.74 Å². The van der Waals surface area contributed by atoms with E-state index in [4.69, 9.17) is 4.74 Å². The van der Waals surface area contributed by atoms with E-state index < -0.39 is 0 Å². The third kappa shape index (κ3) is 8.96. The van der Waals surface area contributed by atoms with Gasteiger partial charge in [0.2, 0.25) is 0 Å². The number of halogens is 1. The van der Waals surface area contributed by atoms with E-state index in [1.165, 1.54) is 24.2 Å². The molecule has 1 atom stereocenters. The lowest BCUT2D eigenvalue weighted by Crippen LogP contribution is -2.47. The molecular formula is C21H38IN5O. The molecule has 0 amide bonds. The van der Waals surface area contributed by atoms with Crippen molar-refractivity contribution in [2.45, 2.75) is 32.7 Å². The number of aryl methyl sites for hydroxylation is 1. The van der Waals surface area contributed by atoms with Crippen molar-refractivity contribution in [2.75, 3.05) is 64.9 Å². The van der Waals surface area contributed by atoms with Crippen LogP contribution in [0.25, 0.3) is 0 Å². The van der Waals surface area contributed by atoms with Gasteiger partial charge in [-0.1, -0.05) is 12.1 Å². The van der Waals surface area contributed by atoms with Crippen molar-refractivity contribution in [1.29, 1.82) is 0 Å². The van der Waals surface area contributed by atoms with Crippen molar-refractivity contribution in [3.8, 4) is 0 Å². The molecule has 0 aromatic heterocycles. The molecule has 1 heterocycles. The predicted molar refractivity (Wildman–Crippen MR) is 130 cm³/mol. The van der Waals surface area contributed by atoms with Crippen LogP contribution >= 0.6 is 24.0 Å².